The average molecular weight is 355 g/mol. The van der Waals surface area contributed by atoms with E-state index in [1.807, 2.05) is 18.2 Å². The summed E-state index contributed by atoms with van der Waals surface area (Å²) in [4.78, 5) is 15.0. The number of benzene rings is 2. The molecule has 130 valence electrons. The van der Waals surface area contributed by atoms with Crippen molar-refractivity contribution in [2.75, 3.05) is 5.32 Å². The van der Waals surface area contributed by atoms with Crippen molar-refractivity contribution in [3.8, 4) is 11.3 Å². The quantitative estimate of drug-likeness (QED) is 0.555. The van der Waals surface area contributed by atoms with E-state index in [0.29, 0.717) is 11.1 Å². The van der Waals surface area contributed by atoms with Gasteiger partial charge in [-0.3, -0.25) is 5.32 Å². The highest BCUT2D eigenvalue weighted by Crippen LogP contribution is 2.31. The lowest BCUT2D eigenvalue weighted by Crippen LogP contribution is -2.11. The van der Waals surface area contributed by atoms with E-state index in [1.165, 1.54) is 0 Å². The molecule has 0 amide bonds. The first kappa shape index (κ1) is 16.1. The van der Waals surface area contributed by atoms with Gasteiger partial charge in [0.2, 0.25) is 11.9 Å². The Balaban J connectivity index is 1.77. The third kappa shape index (κ3) is 3.21. The molecule has 2 N–H and O–H groups in total. The number of H-pyrrole nitrogens is 1. The average Bonchev–Trinajstić information content (AvgIpc) is 3.03. The van der Waals surface area contributed by atoms with Crippen molar-refractivity contribution in [3.05, 3.63) is 66.4 Å². The van der Waals surface area contributed by atoms with Gasteiger partial charge in [-0.05, 0) is 18.2 Å². The number of aromatic nitrogens is 4. The molecule has 8 heteroatoms. The summed E-state index contributed by atoms with van der Waals surface area (Å²) in [5, 5.41) is 2.73. The minimum atomic E-state index is -4.59. The molecule has 0 radical (unpaired) electrons. The number of fused-ring (bicyclic) bond motifs is 1. The highest BCUT2D eigenvalue weighted by atomic mass is 19.4. The minimum absolute atomic E-state index is 0.173. The van der Waals surface area contributed by atoms with Crippen molar-refractivity contribution >= 4 is 22.9 Å². The summed E-state index contributed by atoms with van der Waals surface area (Å²) in [7, 11) is 0. The maximum absolute atomic E-state index is 13.2. The Kier molecular flexibility index (Phi) is 3.80. The molecule has 2 aromatic heterocycles. The van der Waals surface area contributed by atoms with Gasteiger partial charge in [-0.2, -0.15) is 13.2 Å². The molecule has 0 spiro atoms. The lowest BCUT2D eigenvalue weighted by molar-refractivity contribution is -0.141. The number of nitrogens with zero attached hydrogens (tertiary/aromatic N) is 3. The molecule has 26 heavy (non-hydrogen) atoms. The molecule has 0 atom stereocenters. The summed E-state index contributed by atoms with van der Waals surface area (Å²) in [6.07, 6.45) is -4.59. The Hall–Kier alpha value is -3.42. The van der Waals surface area contributed by atoms with Crippen molar-refractivity contribution in [3.63, 3.8) is 0 Å². The highest BCUT2D eigenvalue weighted by Gasteiger charge is 2.34. The van der Waals surface area contributed by atoms with Crippen LogP contribution < -0.4 is 5.32 Å². The fourth-order valence-electron chi connectivity index (χ4n) is 2.52. The molecular weight excluding hydrogens is 343 g/mol. The number of alkyl halides is 3. The molecule has 0 unspecified atom stereocenters. The van der Waals surface area contributed by atoms with Crippen LogP contribution in [0.4, 0.5) is 25.1 Å². The number of aromatic amines is 1. The number of rotatable bonds is 3. The van der Waals surface area contributed by atoms with Gasteiger partial charge in [0.25, 0.3) is 0 Å². The molecule has 0 aliphatic rings. The third-order valence-corrected chi connectivity index (χ3v) is 3.71. The van der Waals surface area contributed by atoms with Gasteiger partial charge in [0.05, 0.1) is 16.7 Å². The van der Waals surface area contributed by atoms with E-state index in [4.69, 9.17) is 0 Å². The maximum Gasteiger partial charge on any atom is 0.433 e. The SMILES string of the molecule is FC(F)(F)c1cc(-c2ccccc2)nc(Nc2nc3ccccc3[nH]2)n1. The Morgan fingerprint density at radius 2 is 1.58 bits per heavy atom. The first-order chi connectivity index (χ1) is 12.5. The summed E-state index contributed by atoms with van der Waals surface area (Å²) in [5.74, 6) is 0.0854. The Morgan fingerprint density at radius 3 is 2.31 bits per heavy atom. The van der Waals surface area contributed by atoms with Crippen LogP contribution in [0.2, 0.25) is 0 Å². The Morgan fingerprint density at radius 1 is 0.846 bits per heavy atom. The summed E-state index contributed by atoms with van der Waals surface area (Å²) in [5.41, 5.74) is 1.15. The van der Waals surface area contributed by atoms with Crippen molar-refractivity contribution in [1.29, 1.82) is 0 Å². The molecule has 2 heterocycles. The van der Waals surface area contributed by atoms with Crippen LogP contribution in [0.25, 0.3) is 22.3 Å². The molecule has 4 rings (SSSR count). The second kappa shape index (κ2) is 6.14. The zero-order valence-corrected chi connectivity index (χ0v) is 13.2. The molecule has 0 aliphatic heterocycles. The molecule has 5 nitrogen and oxygen atoms in total. The van der Waals surface area contributed by atoms with Crippen LogP contribution >= 0.6 is 0 Å². The Bertz CT molecular complexity index is 1020. The van der Waals surface area contributed by atoms with Crippen molar-refractivity contribution in [2.45, 2.75) is 6.18 Å². The van der Waals surface area contributed by atoms with Gasteiger partial charge in [-0.15, -0.1) is 0 Å². The maximum atomic E-state index is 13.2. The summed E-state index contributed by atoms with van der Waals surface area (Å²) in [6, 6.07) is 16.8. The van der Waals surface area contributed by atoms with E-state index >= 15 is 0 Å². The van der Waals surface area contributed by atoms with Crippen LogP contribution in [0.5, 0.6) is 0 Å². The monoisotopic (exact) mass is 355 g/mol. The van der Waals surface area contributed by atoms with Crippen LogP contribution in [0.15, 0.2) is 60.7 Å². The van der Waals surface area contributed by atoms with Crippen LogP contribution in [-0.4, -0.2) is 19.9 Å². The first-order valence-corrected chi connectivity index (χ1v) is 7.72. The van der Waals surface area contributed by atoms with E-state index in [-0.39, 0.29) is 17.6 Å². The lowest BCUT2D eigenvalue weighted by Gasteiger charge is -2.11. The number of imidazole rings is 1. The van der Waals surface area contributed by atoms with Gasteiger partial charge in [-0.1, -0.05) is 42.5 Å². The normalized spacial score (nSPS) is 11.7. The third-order valence-electron chi connectivity index (χ3n) is 3.71. The molecule has 4 aromatic rings. The number of anilines is 2. The fraction of sp³-hybridized carbons (Fsp3) is 0.0556. The number of halogens is 3. The topological polar surface area (TPSA) is 66.5 Å². The molecule has 0 saturated heterocycles. The van der Waals surface area contributed by atoms with Crippen molar-refractivity contribution in [2.24, 2.45) is 0 Å². The van der Waals surface area contributed by atoms with Crippen molar-refractivity contribution < 1.29 is 13.2 Å². The second-order valence-corrected chi connectivity index (χ2v) is 5.55. The predicted octanol–water partition coefficient (Wildman–Crippen LogP) is 4.78. The second-order valence-electron chi connectivity index (χ2n) is 5.55. The van der Waals surface area contributed by atoms with Crippen LogP contribution in [0.1, 0.15) is 5.69 Å². The Labute approximate surface area is 146 Å². The summed E-state index contributed by atoms with van der Waals surface area (Å²) < 4.78 is 39.7. The zero-order chi connectivity index (χ0) is 18.1. The minimum Gasteiger partial charge on any atom is -0.324 e. The molecule has 0 fully saturated rings. The van der Waals surface area contributed by atoms with Crippen LogP contribution in [0, 0.1) is 0 Å². The first-order valence-electron chi connectivity index (χ1n) is 7.72. The van der Waals surface area contributed by atoms with E-state index in [2.05, 4.69) is 25.3 Å². The van der Waals surface area contributed by atoms with Gasteiger partial charge < -0.3 is 4.98 Å². The molecular formula is C18H12F3N5. The highest BCUT2D eigenvalue weighted by molar-refractivity contribution is 5.78. The molecule has 0 saturated carbocycles. The zero-order valence-electron chi connectivity index (χ0n) is 13.2. The van der Waals surface area contributed by atoms with Gasteiger partial charge in [0.1, 0.15) is 0 Å². The van der Waals surface area contributed by atoms with E-state index in [1.54, 1.807) is 36.4 Å². The van der Waals surface area contributed by atoms with E-state index in [9.17, 15) is 13.2 Å². The van der Waals surface area contributed by atoms with Crippen LogP contribution in [0.3, 0.4) is 0 Å². The standard InChI is InChI=1S/C18H12F3N5/c19-18(20,21)15-10-14(11-6-2-1-3-7-11)24-17(25-15)26-16-22-12-8-4-5-9-13(12)23-16/h1-10H,(H2,22,23,24,25,26). The largest absolute Gasteiger partial charge is 0.433 e. The number of hydrogen-bond donors (Lipinski definition) is 2. The number of nitrogens with one attached hydrogen (secondary N) is 2. The summed E-state index contributed by atoms with van der Waals surface area (Å²) in [6.45, 7) is 0. The summed E-state index contributed by atoms with van der Waals surface area (Å²) >= 11 is 0. The van der Waals surface area contributed by atoms with E-state index < -0.39 is 11.9 Å². The molecule has 0 bridgehead atoms. The predicted molar refractivity (Wildman–Crippen MR) is 91.8 cm³/mol. The van der Waals surface area contributed by atoms with Crippen LogP contribution in [-0.2, 0) is 6.18 Å². The number of hydrogen-bond acceptors (Lipinski definition) is 4. The lowest BCUT2D eigenvalue weighted by atomic mass is 10.1. The smallest absolute Gasteiger partial charge is 0.324 e. The van der Waals surface area contributed by atoms with Crippen molar-refractivity contribution in [1.82, 2.24) is 19.9 Å². The van der Waals surface area contributed by atoms with E-state index in [0.717, 1.165) is 11.6 Å². The van der Waals surface area contributed by atoms with Gasteiger partial charge >= 0.3 is 6.18 Å². The van der Waals surface area contributed by atoms with Gasteiger partial charge in [0.15, 0.2) is 5.69 Å². The fourth-order valence-corrected chi connectivity index (χ4v) is 2.52. The van der Waals surface area contributed by atoms with Gasteiger partial charge in [-0.25, -0.2) is 15.0 Å². The molecule has 2 aromatic carbocycles. The molecule has 0 aliphatic carbocycles. The van der Waals surface area contributed by atoms with Gasteiger partial charge in [0, 0.05) is 5.56 Å². The number of para-hydroxylation sites is 2.